The molecule has 0 amide bonds. The lowest BCUT2D eigenvalue weighted by molar-refractivity contribution is 0.141. The molecule has 0 aliphatic carbocycles. The predicted octanol–water partition coefficient (Wildman–Crippen LogP) is 3.16. The fraction of sp³-hybridized carbons (Fsp3) is 1.00. The molecule has 1 heterocycles. The van der Waals surface area contributed by atoms with Gasteiger partial charge in [-0.05, 0) is 51.7 Å². The van der Waals surface area contributed by atoms with E-state index >= 15 is 0 Å². The number of hydrogen-bond acceptors (Lipinski definition) is 2. The van der Waals surface area contributed by atoms with Crippen molar-refractivity contribution in [1.82, 2.24) is 4.90 Å². The Morgan fingerprint density at radius 2 is 1.81 bits per heavy atom. The Balaban J connectivity index is 2.02. The van der Waals surface area contributed by atoms with Gasteiger partial charge in [0.2, 0.25) is 0 Å². The summed E-state index contributed by atoms with van der Waals surface area (Å²) in [5, 5.41) is 0. The Morgan fingerprint density at radius 1 is 1.06 bits per heavy atom. The summed E-state index contributed by atoms with van der Waals surface area (Å²) in [6.07, 6.45) is 12.3. The summed E-state index contributed by atoms with van der Waals surface area (Å²) >= 11 is 0. The molecule has 0 radical (unpaired) electrons. The van der Waals surface area contributed by atoms with Crippen molar-refractivity contribution < 1.29 is 0 Å². The maximum atomic E-state index is 5.49. The molecule has 1 atom stereocenters. The number of likely N-dealkylation sites (tertiary alicyclic amines) is 1. The zero-order valence-electron chi connectivity index (χ0n) is 11.1. The molecule has 1 aliphatic heterocycles. The summed E-state index contributed by atoms with van der Waals surface area (Å²) < 4.78 is 0. The zero-order valence-corrected chi connectivity index (χ0v) is 11.1. The first-order valence-corrected chi connectivity index (χ1v) is 7.32. The Kier molecular flexibility index (Phi) is 7.87. The predicted molar refractivity (Wildman–Crippen MR) is 71.6 cm³/mol. The van der Waals surface area contributed by atoms with E-state index in [4.69, 9.17) is 5.73 Å². The fourth-order valence-corrected chi connectivity index (χ4v) is 2.81. The van der Waals surface area contributed by atoms with Gasteiger partial charge in [0.1, 0.15) is 0 Å². The molecule has 96 valence electrons. The smallest absolute Gasteiger partial charge is 0.00926 e. The van der Waals surface area contributed by atoms with E-state index in [2.05, 4.69) is 11.8 Å². The van der Waals surface area contributed by atoms with E-state index in [1.165, 1.54) is 70.9 Å². The van der Waals surface area contributed by atoms with Crippen LogP contribution in [0.3, 0.4) is 0 Å². The Bertz CT molecular complexity index is 159. The monoisotopic (exact) mass is 226 g/mol. The summed E-state index contributed by atoms with van der Waals surface area (Å²) in [5.74, 6) is 0. The quantitative estimate of drug-likeness (QED) is 0.644. The molecule has 0 aromatic carbocycles. The van der Waals surface area contributed by atoms with E-state index in [1.807, 2.05) is 0 Å². The Hall–Kier alpha value is -0.0800. The van der Waals surface area contributed by atoms with Gasteiger partial charge in [0.15, 0.2) is 0 Å². The highest BCUT2D eigenvalue weighted by molar-refractivity contribution is 4.75. The van der Waals surface area contributed by atoms with E-state index in [-0.39, 0.29) is 0 Å². The van der Waals surface area contributed by atoms with Crippen molar-refractivity contribution in [2.24, 2.45) is 5.73 Å². The third-order valence-corrected chi connectivity index (χ3v) is 3.87. The minimum atomic E-state index is 0.865. The van der Waals surface area contributed by atoms with Crippen LogP contribution in [0.15, 0.2) is 0 Å². The molecular weight excluding hydrogens is 196 g/mol. The van der Waals surface area contributed by atoms with Crippen LogP contribution in [0.5, 0.6) is 0 Å². The minimum absolute atomic E-state index is 0.865. The molecule has 1 saturated heterocycles. The molecule has 1 rings (SSSR count). The summed E-state index contributed by atoms with van der Waals surface area (Å²) in [7, 11) is 0. The van der Waals surface area contributed by atoms with Crippen molar-refractivity contribution in [2.75, 3.05) is 19.6 Å². The lowest BCUT2D eigenvalue weighted by Gasteiger charge is -2.35. The van der Waals surface area contributed by atoms with Crippen LogP contribution in [0, 0.1) is 0 Å². The topological polar surface area (TPSA) is 29.3 Å². The highest BCUT2D eigenvalue weighted by atomic mass is 15.2. The first-order chi connectivity index (χ1) is 7.88. The first-order valence-electron chi connectivity index (χ1n) is 7.32. The van der Waals surface area contributed by atoms with Crippen LogP contribution >= 0.6 is 0 Å². The minimum Gasteiger partial charge on any atom is -0.330 e. The van der Waals surface area contributed by atoms with Gasteiger partial charge in [0.25, 0.3) is 0 Å². The Morgan fingerprint density at radius 3 is 2.56 bits per heavy atom. The normalized spacial score (nSPS) is 22.5. The van der Waals surface area contributed by atoms with Crippen molar-refractivity contribution in [3.05, 3.63) is 0 Å². The molecule has 2 heteroatoms. The molecule has 1 fully saturated rings. The standard InChI is InChI=1S/C14H30N2/c1-2-14-10-6-9-13-16(14)12-8-5-3-4-7-11-15/h14H,2-13,15H2,1H3. The van der Waals surface area contributed by atoms with Crippen LogP contribution in [0.4, 0.5) is 0 Å². The maximum Gasteiger partial charge on any atom is 0.00926 e. The van der Waals surface area contributed by atoms with Gasteiger partial charge in [-0.1, -0.05) is 32.6 Å². The average molecular weight is 226 g/mol. The van der Waals surface area contributed by atoms with Gasteiger partial charge in [-0.3, -0.25) is 0 Å². The van der Waals surface area contributed by atoms with E-state index in [9.17, 15) is 0 Å². The molecule has 0 saturated carbocycles. The summed E-state index contributed by atoms with van der Waals surface area (Å²) in [6.45, 7) is 5.89. The van der Waals surface area contributed by atoms with Gasteiger partial charge < -0.3 is 10.6 Å². The van der Waals surface area contributed by atoms with E-state index < -0.39 is 0 Å². The zero-order chi connectivity index (χ0) is 11.6. The van der Waals surface area contributed by atoms with Crippen LogP contribution in [-0.4, -0.2) is 30.6 Å². The van der Waals surface area contributed by atoms with Gasteiger partial charge >= 0.3 is 0 Å². The number of piperidine rings is 1. The SMILES string of the molecule is CCC1CCCCN1CCCCCCCN. The molecule has 16 heavy (non-hydrogen) atoms. The van der Waals surface area contributed by atoms with Gasteiger partial charge in [0, 0.05) is 6.04 Å². The van der Waals surface area contributed by atoms with Gasteiger partial charge in [-0.15, -0.1) is 0 Å². The van der Waals surface area contributed by atoms with Crippen LogP contribution in [0.25, 0.3) is 0 Å². The summed E-state index contributed by atoms with van der Waals surface area (Å²) in [4.78, 5) is 2.73. The second kappa shape index (κ2) is 9.00. The number of nitrogens with two attached hydrogens (primary N) is 1. The van der Waals surface area contributed by atoms with E-state index in [0.717, 1.165) is 12.6 Å². The summed E-state index contributed by atoms with van der Waals surface area (Å²) in [5.41, 5.74) is 5.49. The molecular formula is C14H30N2. The van der Waals surface area contributed by atoms with Crippen molar-refractivity contribution in [3.8, 4) is 0 Å². The molecule has 0 aromatic rings. The second-order valence-corrected chi connectivity index (χ2v) is 5.15. The second-order valence-electron chi connectivity index (χ2n) is 5.15. The molecule has 2 nitrogen and oxygen atoms in total. The third-order valence-electron chi connectivity index (χ3n) is 3.87. The van der Waals surface area contributed by atoms with Crippen molar-refractivity contribution in [3.63, 3.8) is 0 Å². The van der Waals surface area contributed by atoms with Crippen molar-refractivity contribution in [2.45, 2.75) is 70.8 Å². The number of hydrogen-bond donors (Lipinski definition) is 1. The van der Waals surface area contributed by atoms with Crippen molar-refractivity contribution >= 4 is 0 Å². The molecule has 2 N–H and O–H groups in total. The van der Waals surface area contributed by atoms with Gasteiger partial charge in [-0.2, -0.15) is 0 Å². The number of nitrogens with zero attached hydrogens (tertiary/aromatic N) is 1. The van der Waals surface area contributed by atoms with Crippen LogP contribution in [-0.2, 0) is 0 Å². The highest BCUT2D eigenvalue weighted by Gasteiger charge is 2.19. The van der Waals surface area contributed by atoms with E-state index in [0.29, 0.717) is 0 Å². The number of rotatable bonds is 8. The third kappa shape index (κ3) is 5.31. The van der Waals surface area contributed by atoms with Gasteiger partial charge in [0.05, 0.1) is 0 Å². The van der Waals surface area contributed by atoms with Crippen LogP contribution < -0.4 is 5.73 Å². The lowest BCUT2D eigenvalue weighted by Crippen LogP contribution is -2.39. The highest BCUT2D eigenvalue weighted by Crippen LogP contribution is 2.20. The fourth-order valence-electron chi connectivity index (χ4n) is 2.81. The molecule has 0 spiro atoms. The maximum absolute atomic E-state index is 5.49. The molecule has 0 bridgehead atoms. The van der Waals surface area contributed by atoms with E-state index in [1.54, 1.807) is 0 Å². The van der Waals surface area contributed by atoms with Gasteiger partial charge in [-0.25, -0.2) is 0 Å². The average Bonchev–Trinajstić information content (AvgIpc) is 2.34. The first kappa shape index (κ1) is 14.0. The van der Waals surface area contributed by atoms with Crippen molar-refractivity contribution in [1.29, 1.82) is 0 Å². The number of unbranched alkanes of at least 4 members (excludes halogenated alkanes) is 4. The largest absolute Gasteiger partial charge is 0.330 e. The molecule has 1 aliphatic rings. The lowest BCUT2D eigenvalue weighted by atomic mass is 9.99. The summed E-state index contributed by atoms with van der Waals surface area (Å²) in [6, 6.07) is 0.887. The molecule has 0 aromatic heterocycles. The van der Waals surface area contributed by atoms with Crippen LogP contribution in [0.1, 0.15) is 64.7 Å². The Labute approximate surface area is 102 Å². The molecule has 1 unspecified atom stereocenters. The van der Waals surface area contributed by atoms with Crippen LogP contribution in [0.2, 0.25) is 0 Å².